The Morgan fingerprint density at radius 1 is 1.36 bits per heavy atom. The van der Waals surface area contributed by atoms with Crippen molar-refractivity contribution >= 4 is 22.4 Å². The van der Waals surface area contributed by atoms with Crippen LogP contribution in [0.5, 0.6) is 5.75 Å². The molecule has 0 aliphatic carbocycles. The summed E-state index contributed by atoms with van der Waals surface area (Å²) in [6, 6.07) is 5.77. The zero-order valence-electron chi connectivity index (χ0n) is 14.6. The third kappa shape index (κ3) is 5.26. The molecule has 7 heteroatoms. The van der Waals surface area contributed by atoms with Crippen LogP contribution in [0.2, 0.25) is 0 Å². The second kappa shape index (κ2) is 8.42. The van der Waals surface area contributed by atoms with E-state index in [0.717, 1.165) is 44.0 Å². The van der Waals surface area contributed by atoms with E-state index >= 15 is 0 Å². The lowest BCUT2D eigenvalue weighted by Gasteiger charge is -2.27. The van der Waals surface area contributed by atoms with Crippen LogP contribution >= 0.6 is 11.3 Å². The first kappa shape index (κ1) is 17.8. The second-order valence-electron chi connectivity index (χ2n) is 6.35. The van der Waals surface area contributed by atoms with E-state index in [9.17, 15) is 4.79 Å². The molecule has 3 rings (SSSR count). The van der Waals surface area contributed by atoms with E-state index in [1.807, 2.05) is 31.4 Å². The minimum atomic E-state index is -0.161. The standard InChI is InChI=1S/C18H24N4O2S/c1-13(2)24-16-10-14(12-22-6-3-19-4-7-22)9-15(11-16)17(23)21-18-20-5-8-25-18/h5,8-11,13,19H,3-4,6-7,12H2,1-2H3,(H,20,21,23). The van der Waals surface area contributed by atoms with Crippen LogP contribution in [0.25, 0.3) is 0 Å². The van der Waals surface area contributed by atoms with Gasteiger partial charge < -0.3 is 10.1 Å². The zero-order chi connectivity index (χ0) is 17.6. The van der Waals surface area contributed by atoms with Gasteiger partial charge in [0.1, 0.15) is 5.75 Å². The highest BCUT2D eigenvalue weighted by molar-refractivity contribution is 7.13. The minimum Gasteiger partial charge on any atom is -0.491 e. The number of ether oxygens (including phenoxy) is 1. The van der Waals surface area contributed by atoms with Gasteiger partial charge in [0, 0.05) is 49.9 Å². The number of carbonyl (C=O) groups excluding carboxylic acids is 1. The molecule has 0 bridgehead atoms. The number of hydrogen-bond donors (Lipinski definition) is 2. The molecule has 6 nitrogen and oxygen atoms in total. The highest BCUT2D eigenvalue weighted by Gasteiger charge is 2.15. The number of nitrogens with one attached hydrogen (secondary N) is 2. The van der Waals surface area contributed by atoms with Gasteiger partial charge in [-0.1, -0.05) is 0 Å². The highest BCUT2D eigenvalue weighted by atomic mass is 32.1. The lowest BCUT2D eigenvalue weighted by Crippen LogP contribution is -2.42. The maximum Gasteiger partial charge on any atom is 0.257 e. The van der Waals surface area contributed by atoms with Crippen LogP contribution < -0.4 is 15.4 Å². The number of anilines is 1. The Morgan fingerprint density at radius 2 is 2.16 bits per heavy atom. The average Bonchev–Trinajstić information content (AvgIpc) is 3.08. The van der Waals surface area contributed by atoms with Gasteiger partial charge in [0.25, 0.3) is 5.91 Å². The summed E-state index contributed by atoms with van der Waals surface area (Å²) >= 11 is 1.40. The molecule has 0 unspecified atom stereocenters. The van der Waals surface area contributed by atoms with Gasteiger partial charge in [-0.3, -0.25) is 15.0 Å². The number of carbonyl (C=O) groups is 1. The number of hydrogen-bond acceptors (Lipinski definition) is 6. The van der Waals surface area contributed by atoms with Crippen LogP contribution in [-0.4, -0.2) is 48.1 Å². The Balaban J connectivity index is 1.79. The fraction of sp³-hybridized carbons (Fsp3) is 0.444. The van der Waals surface area contributed by atoms with Crippen LogP contribution in [0.4, 0.5) is 5.13 Å². The van der Waals surface area contributed by atoms with E-state index in [-0.39, 0.29) is 12.0 Å². The molecule has 0 radical (unpaired) electrons. The Labute approximate surface area is 152 Å². The molecule has 25 heavy (non-hydrogen) atoms. The number of amides is 1. The second-order valence-corrected chi connectivity index (χ2v) is 7.24. The Hall–Kier alpha value is -1.96. The van der Waals surface area contributed by atoms with Crippen molar-refractivity contribution in [3.05, 3.63) is 40.9 Å². The summed E-state index contributed by atoms with van der Waals surface area (Å²) in [7, 11) is 0. The van der Waals surface area contributed by atoms with Crippen molar-refractivity contribution < 1.29 is 9.53 Å². The van der Waals surface area contributed by atoms with Gasteiger partial charge in [-0.05, 0) is 37.6 Å². The average molecular weight is 360 g/mol. The molecular weight excluding hydrogens is 336 g/mol. The molecule has 1 aliphatic heterocycles. The summed E-state index contributed by atoms with van der Waals surface area (Å²) < 4.78 is 5.85. The van der Waals surface area contributed by atoms with Crippen molar-refractivity contribution in [1.29, 1.82) is 0 Å². The SMILES string of the molecule is CC(C)Oc1cc(CN2CCNCC2)cc(C(=O)Nc2nccs2)c1. The molecule has 2 heterocycles. The van der Waals surface area contributed by atoms with E-state index in [0.29, 0.717) is 10.7 Å². The van der Waals surface area contributed by atoms with Crippen molar-refractivity contribution in [3.8, 4) is 5.75 Å². The quantitative estimate of drug-likeness (QED) is 0.829. The molecule has 0 atom stereocenters. The first-order valence-corrected chi connectivity index (χ1v) is 9.42. The molecule has 1 amide bonds. The third-order valence-electron chi connectivity index (χ3n) is 3.87. The maximum atomic E-state index is 12.6. The van der Waals surface area contributed by atoms with Crippen LogP contribution in [0.15, 0.2) is 29.8 Å². The van der Waals surface area contributed by atoms with E-state index in [1.165, 1.54) is 11.3 Å². The largest absolute Gasteiger partial charge is 0.491 e. The number of rotatable bonds is 6. The van der Waals surface area contributed by atoms with E-state index < -0.39 is 0 Å². The number of piperazine rings is 1. The first-order valence-electron chi connectivity index (χ1n) is 8.55. The number of thiazole rings is 1. The van der Waals surface area contributed by atoms with Crippen LogP contribution in [0.3, 0.4) is 0 Å². The lowest BCUT2D eigenvalue weighted by molar-refractivity contribution is 0.102. The number of benzene rings is 1. The molecule has 2 N–H and O–H groups in total. The molecule has 1 saturated heterocycles. The molecule has 1 aromatic heterocycles. The Bertz CT molecular complexity index is 697. The molecule has 1 aromatic carbocycles. The fourth-order valence-electron chi connectivity index (χ4n) is 2.81. The molecule has 2 aromatic rings. The molecule has 0 saturated carbocycles. The summed E-state index contributed by atoms with van der Waals surface area (Å²) in [4.78, 5) is 19.1. The summed E-state index contributed by atoms with van der Waals surface area (Å²) in [5.41, 5.74) is 1.68. The summed E-state index contributed by atoms with van der Waals surface area (Å²) in [5.74, 6) is 0.567. The lowest BCUT2D eigenvalue weighted by atomic mass is 10.1. The van der Waals surface area contributed by atoms with Gasteiger partial charge in [0.15, 0.2) is 5.13 Å². The van der Waals surface area contributed by atoms with E-state index in [2.05, 4.69) is 20.5 Å². The molecule has 134 valence electrons. The van der Waals surface area contributed by atoms with Crippen LogP contribution in [-0.2, 0) is 6.54 Å². The monoisotopic (exact) mass is 360 g/mol. The van der Waals surface area contributed by atoms with Gasteiger partial charge in [-0.15, -0.1) is 11.3 Å². The smallest absolute Gasteiger partial charge is 0.257 e. The van der Waals surface area contributed by atoms with Crippen molar-refractivity contribution in [1.82, 2.24) is 15.2 Å². The molecular formula is C18H24N4O2S. The summed E-state index contributed by atoms with van der Waals surface area (Å²) in [6.07, 6.45) is 1.73. The first-order chi connectivity index (χ1) is 12.1. The topological polar surface area (TPSA) is 66.5 Å². The summed E-state index contributed by atoms with van der Waals surface area (Å²) in [5, 5.41) is 8.63. The molecule has 1 aliphatic rings. The Morgan fingerprint density at radius 3 is 2.84 bits per heavy atom. The van der Waals surface area contributed by atoms with E-state index in [1.54, 1.807) is 12.3 Å². The predicted octanol–water partition coefficient (Wildman–Crippen LogP) is 2.59. The van der Waals surface area contributed by atoms with E-state index in [4.69, 9.17) is 4.74 Å². The van der Waals surface area contributed by atoms with Gasteiger partial charge in [-0.25, -0.2) is 4.98 Å². The maximum absolute atomic E-state index is 12.6. The molecule has 0 spiro atoms. The van der Waals surface area contributed by atoms with Crippen molar-refractivity contribution in [3.63, 3.8) is 0 Å². The number of aromatic nitrogens is 1. The van der Waals surface area contributed by atoms with Gasteiger partial charge in [0.05, 0.1) is 6.10 Å². The fourth-order valence-corrected chi connectivity index (χ4v) is 3.33. The van der Waals surface area contributed by atoms with Crippen molar-refractivity contribution in [2.75, 3.05) is 31.5 Å². The normalized spacial score (nSPS) is 15.3. The third-order valence-corrected chi connectivity index (χ3v) is 4.56. The zero-order valence-corrected chi connectivity index (χ0v) is 15.4. The minimum absolute atomic E-state index is 0.0595. The van der Waals surface area contributed by atoms with Crippen molar-refractivity contribution in [2.24, 2.45) is 0 Å². The van der Waals surface area contributed by atoms with Gasteiger partial charge in [0.2, 0.25) is 0 Å². The van der Waals surface area contributed by atoms with Gasteiger partial charge in [-0.2, -0.15) is 0 Å². The van der Waals surface area contributed by atoms with Crippen LogP contribution in [0.1, 0.15) is 29.8 Å². The Kier molecular flexibility index (Phi) is 6.01. The highest BCUT2D eigenvalue weighted by Crippen LogP contribution is 2.22. The number of nitrogens with zero attached hydrogens (tertiary/aromatic N) is 2. The van der Waals surface area contributed by atoms with Crippen molar-refractivity contribution in [2.45, 2.75) is 26.5 Å². The van der Waals surface area contributed by atoms with Crippen LogP contribution in [0, 0.1) is 0 Å². The van der Waals surface area contributed by atoms with Gasteiger partial charge >= 0.3 is 0 Å². The predicted molar refractivity (Wildman–Crippen MR) is 100 cm³/mol. The molecule has 1 fully saturated rings. The summed E-state index contributed by atoms with van der Waals surface area (Å²) in [6.45, 7) is 8.80.